The van der Waals surface area contributed by atoms with Crippen molar-refractivity contribution < 1.29 is 4.74 Å². The van der Waals surface area contributed by atoms with E-state index in [4.69, 9.17) is 10.5 Å². The first-order valence-corrected chi connectivity index (χ1v) is 6.82. The van der Waals surface area contributed by atoms with E-state index in [1.54, 1.807) is 0 Å². The number of aryl methyl sites for hydroxylation is 1. The fourth-order valence-corrected chi connectivity index (χ4v) is 2.07. The molecule has 2 N–H and O–H groups in total. The summed E-state index contributed by atoms with van der Waals surface area (Å²) in [5.41, 5.74) is 9.26. The molecule has 19 heavy (non-hydrogen) atoms. The summed E-state index contributed by atoms with van der Waals surface area (Å²) < 4.78 is 5.89. The lowest BCUT2D eigenvalue weighted by Crippen LogP contribution is -2.03. The molecular weight excluding hydrogens is 234 g/mol. The molecule has 0 aliphatic carbocycles. The van der Waals surface area contributed by atoms with Crippen LogP contribution in [0.2, 0.25) is 0 Å². The molecular formula is C17H21NO. The highest BCUT2D eigenvalue weighted by Gasteiger charge is 2.01. The minimum atomic E-state index is 0.611. The van der Waals surface area contributed by atoms with Gasteiger partial charge in [0.1, 0.15) is 12.4 Å². The maximum Gasteiger partial charge on any atom is 0.122 e. The zero-order valence-corrected chi connectivity index (χ0v) is 11.4. The summed E-state index contributed by atoms with van der Waals surface area (Å²) >= 11 is 0. The maximum absolute atomic E-state index is 5.89. The molecule has 100 valence electrons. The number of hydrogen-bond acceptors (Lipinski definition) is 2. The lowest BCUT2D eigenvalue weighted by Gasteiger charge is -2.10. The summed E-state index contributed by atoms with van der Waals surface area (Å²) in [6.45, 7) is 3.45. The van der Waals surface area contributed by atoms with Gasteiger partial charge in [-0.2, -0.15) is 0 Å². The zero-order valence-electron chi connectivity index (χ0n) is 11.4. The quantitative estimate of drug-likeness (QED) is 0.859. The number of benzene rings is 2. The third-order valence-electron chi connectivity index (χ3n) is 3.20. The Bertz CT molecular complexity index is 505. The molecule has 0 bridgehead atoms. The SMILES string of the molecule is CCc1ccccc1OCc1ccc(CCN)cc1. The molecule has 0 spiro atoms. The Balaban J connectivity index is 1.98. The summed E-state index contributed by atoms with van der Waals surface area (Å²) in [5, 5.41) is 0. The van der Waals surface area contributed by atoms with Gasteiger partial charge in [-0.25, -0.2) is 0 Å². The number of para-hydroxylation sites is 1. The fourth-order valence-electron chi connectivity index (χ4n) is 2.07. The Labute approximate surface area is 115 Å². The first-order chi connectivity index (χ1) is 9.33. The van der Waals surface area contributed by atoms with Crippen molar-refractivity contribution in [2.75, 3.05) is 6.54 Å². The summed E-state index contributed by atoms with van der Waals surface area (Å²) in [6, 6.07) is 16.7. The second-order valence-electron chi connectivity index (χ2n) is 4.61. The van der Waals surface area contributed by atoms with E-state index >= 15 is 0 Å². The van der Waals surface area contributed by atoms with Gasteiger partial charge in [-0.3, -0.25) is 0 Å². The van der Waals surface area contributed by atoms with Crippen LogP contribution in [0.5, 0.6) is 5.75 Å². The van der Waals surface area contributed by atoms with Gasteiger partial charge in [-0.1, -0.05) is 49.4 Å². The predicted octanol–water partition coefficient (Wildman–Crippen LogP) is 3.33. The molecule has 0 fully saturated rings. The van der Waals surface area contributed by atoms with Gasteiger partial charge in [-0.05, 0) is 42.1 Å². The first kappa shape index (κ1) is 13.6. The second-order valence-corrected chi connectivity index (χ2v) is 4.61. The fraction of sp³-hybridized carbons (Fsp3) is 0.294. The van der Waals surface area contributed by atoms with Gasteiger partial charge in [0.25, 0.3) is 0 Å². The van der Waals surface area contributed by atoms with Crippen LogP contribution in [0.1, 0.15) is 23.6 Å². The van der Waals surface area contributed by atoms with Crippen LogP contribution in [-0.2, 0) is 19.4 Å². The van der Waals surface area contributed by atoms with Crippen molar-refractivity contribution in [3.05, 3.63) is 65.2 Å². The minimum absolute atomic E-state index is 0.611. The van der Waals surface area contributed by atoms with Crippen molar-refractivity contribution in [2.45, 2.75) is 26.4 Å². The van der Waals surface area contributed by atoms with Gasteiger partial charge in [-0.15, -0.1) is 0 Å². The highest BCUT2D eigenvalue weighted by atomic mass is 16.5. The van der Waals surface area contributed by atoms with Gasteiger partial charge in [0.2, 0.25) is 0 Å². The molecule has 2 aromatic rings. The first-order valence-electron chi connectivity index (χ1n) is 6.82. The molecule has 0 saturated heterocycles. The van der Waals surface area contributed by atoms with E-state index in [0.29, 0.717) is 13.2 Å². The molecule has 2 heteroatoms. The summed E-state index contributed by atoms with van der Waals surface area (Å²) in [5.74, 6) is 0.982. The molecule has 0 atom stereocenters. The van der Waals surface area contributed by atoms with Crippen LogP contribution in [0.15, 0.2) is 48.5 Å². The Morgan fingerprint density at radius 2 is 1.63 bits per heavy atom. The summed E-state index contributed by atoms with van der Waals surface area (Å²) in [7, 11) is 0. The molecule has 0 saturated carbocycles. The monoisotopic (exact) mass is 255 g/mol. The molecule has 2 nitrogen and oxygen atoms in total. The zero-order chi connectivity index (χ0) is 13.5. The smallest absolute Gasteiger partial charge is 0.122 e. The van der Waals surface area contributed by atoms with E-state index < -0.39 is 0 Å². The van der Waals surface area contributed by atoms with Crippen molar-refractivity contribution in [3.8, 4) is 5.75 Å². The molecule has 0 amide bonds. The molecule has 0 unspecified atom stereocenters. The van der Waals surface area contributed by atoms with Crippen molar-refractivity contribution in [1.29, 1.82) is 0 Å². The van der Waals surface area contributed by atoms with Crippen LogP contribution in [0.3, 0.4) is 0 Å². The van der Waals surface area contributed by atoms with Gasteiger partial charge in [0.05, 0.1) is 0 Å². The molecule has 0 aliphatic rings. The molecule has 2 aromatic carbocycles. The van der Waals surface area contributed by atoms with Crippen LogP contribution >= 0.6 is 0 Å². The Hall–Kier alpha value is -1.80. The van der Waals surface area contributed by atoms with Crippen LogP contribution in [0, 0.1) is 0 Å². The third-order valence-corrected chi connectivity index (χ3v) is 3.20. The molecule has 2 rings (SSSR count). The largest absolute Gasteiger partial charge is 0.489 e. The standard InChI is InChI=1S/C17H21NO/c1-2-16-5-3-4-6-17(16)19-13-15-9-7-14(8-10-15)11-12-18/h3-10H,2,11-13,18H2,1H3. The Morgan fingerprint density at radius 3 is 2.32 bits per heavy atom. The Kier molecular flexibility index (Phi) is 4.99. The van der Waals surface area contributed by atoms with Crippen LogP contribution < -0.4 is 10.5 Å². The average molecular weight is 255 g/mol. The molecule has 0 aliphatic heterocycles. The maximum atomic E-state index is 5.89. The van der Waals surface area contributed by atoms with Gasteiger partial charge < -0.3 is 10.5 Å². The lowest BCUT2D eigenvalue weighted by molar-refractivity contribution is 0.303. The Morgan fingerprint density at radius 1 is 0.947 bits per heavy atom. The molecule has 0 heterocycles. The van der Waals surface area contributed by atoms with E-state index in [1.807, 2.05) is 18.2 Å². The van der Waals surface area contributed by atoms with Crippen LogP contribution in [0.25, 0.3) is 0 Å². The number of ether oxygens (including phenoxy) is 1. The van der Waals surface area contributed by atoms with Crippen LogP contribution in [-0.4, -0.2) is 6.54 Å². The number of hydrogen-bond donors (Lipinski definition) is 1. The van der Waals surface area contributed by atoms with Crippen LogP contribution in [0.4, 0.5) is 0 Å². The summed E-state index contributed by atoms with van der Waals surface area (Å²) in [6.07, 6.45) is 1.92. The van der Waals surface area contributed by atoms with E-state index in [1.165, 1.54) is 16.7 Å². The van der Waals surface area contributed by atoms with Crippen molar-refractivity contribution >= 4 is 0 Å². The minimum Gasteiger partial charge on any atom is -0.489 e. The van der Waals surface area contributed by atoms with Gasteiger partial charge >= 0.3 is 0 Å². The number of rotatable bonds is 6. The van der Waals surface area contributed by atoms with E-state index in [-0.39, 0.29) is 0 Å². The highest BCUT2D eigenvalue weighted by molar-refractivity contribution is 5.33. The predicted molar refractivity (Wildman–Crippen MR) is 79.4 cm³/mol. The average Bonchev–Trinajstić information content (AvgIpc) is 2.47. The van der Waals surface area contributed by atoms with E-state index in [9.17, 15) is 0 Å². The van der Waals surface area contributed by atoms with Crippen molar-refractivity contribution in [2.24, 2.45) is 5.73 Å². The van der Waals surface area contributed by atoms with E-state index in [2.05, 4.69) is 37.3 Å². The summed E-state index contributed by atoms with van der Waals surface area (Å²) in [4.78, 5) is 0. The normalized spacial score (nSPS) is 10.4. The third kappa shape index (κ3) is 3.83. The van der Waals surface area contributed by atoms with Gasteiger partial charge in [0.15, 0.2) is 0 Å². The second kappa shape index (κ2) is 6.95. The van der Waals surface area contributed by atoms with Crippen molar-refractivity contribution in [3.63, 3.8) is 0 Å². The highest BCUT2D eigenvalue weighted by Crippen LogP contribution is 2.19. The number of nitrogens with two attached hydrogens (primary N) is 1. The molecule has 0 radical (unpaired) electrons. The van der Waals surface area contributed by atoms with Gasteiger partial charge in [0, 0.05) is 0 Å². The lowest BCUT2D eigenvalue weighted by atomic mass is 10.1. The van der Waals surface area contributed by atoms with Crippen molar-refractivity contribution in [1.82, 2.24) is 0 Å². The topological polar surface area (TPSA) is 35.2 Å². The molecule has 0 aromatic heterocycles. The van der Waals surface area contributed by atoms with E-state index in [0.717, 1.165) is 18.6 Å².